The van der Waals surface area contributed by atoms with Crippen LogP contribution in [0.4, 0.5) is 5.82 Å². The SMILES string of the molecule is CCN(CCCNc1nccc(C)c1Br)S(C)(=O)=O. The number of rotatable bonds is 7. The largest absolute Gasteiger partial charge is 0.369 e. The van der Waals surface area contributed by atoms with Crippen LogP contribution >= 0.6 is 15.9 Å². The Labute approximate surface area is 123 Å². The molecule has 1 N–H and O–H groups in total. The molecular formula is C12H20BrN3O2S. The molecular weight excluding hydrogens is 330 g/mol. The first kappa shape index (κ1) is 16.4. The molecule has 0 aliphatic rings. The van der Waals surface area contributed by atoms with Gasteiger partial charge in [-0.3, -0.25) is 0 Å². The van der Waals surface area contributed by atoms with Crippen LogP contribution < -0.4 is 5.32 Å². The second kappa shape index (κ2) is 7.21. The Bertz CT molecular complexity index is 520. The van der Waals surface area contributed by atoms with Gasteiger partial charge in [-0.05, 0) is 40.9 Å². The summed E-state index contributed by atoms with van der Waals surface area (Å²) in [7, 11) is -3.09. The van der Waals surface area contributed by atoms with Crippen LogP contribution in [0.1, 0.15) is 18.9 Å². The van der Waals surface area contributed by atoms with Crippen molar-refractivity contribution in [1.82, 2.24) is 9.29 Å². The molecule has 0 aliphatic carbocycles. The average Bonchev–Trinajstić information content (AvgIpc) is 2.32. The predicted octanol–water partition coefficient (Wildman–Crippen LogP) is 2.24. The molecule has 1 aromatic rings. The van der Waals surface area contributed by atoms with Crippen LogP contribution in [-0.2, 0) is 10.0 Å². The first-order chi connectivity index (χ1) is 8.86. The van der Waals surface area contributed by atoms with Crippen LogP contribution in [0.25, 0.3) is 0 Å². The van der Waals surface area contributed by atoms with Crippen molar-refractivity contribution in [3.8, 4) is 0 Å². The number of sulfonamides is 1. The van der Waals surface area contributed by atoms with E-state index in [9.17, 15) is 8.42 Å². The van der Waals surface area contributed by atoms with Gasteiger partial charge in [0.1, 0.15) is 5.82 Å². The van der Waals surface area contributed by atoms with Crippen molar-refractivity contribution in [1.29, 1.82) is 0 Å². The van der Waals surface area contributed by atoms with Gasteiger partial charge in [-0.25, -0.2) is 17.7 Å². The highest BCUT2D eigenvalue weighted by molar-refractivity contribution is 9.10. The zero-order chi connectivity index (χ0) is 14.5. The first-order valence-electron chi connectivity index (χ1n) is 6.16. The number of nitrogens with zero attached hydrogens (tertiary/aromatic N) is 2. The Morgan fingerprint density at radius 1 is 1.47 bits per heavy atom. The van der Waals surface area contributed by atoms with Gasteiger partial charge in [-0.2, -0.15) is 0 Å². The molecule has 0 saturated heterocycles. The molecule has 0 saturated carbocycles. The smallest absolute Gasteiger partial charge is 0.211 e. The first-order valence-corrected chi connectivity index (χ1v) is 8.80. The molecule has 0 atom stereocenters. The number of halogens is 1. The third kappa shape index (κ3) is 5.08. The Balaban J connectivity index is 2.45. The van der Waals surface area contributed by atoms with Crippen LogP contribution in [-0.4, -0.2) is 43.6 Å². The minimum atomic E-state index is -3.09. The number of aromatic nitrogens is 1. The van der Waals surface area contributed by atoms with Gasteiger partial charge < -0.3 is 5.32 Å². The highest BCUT2D eigenvalue weighted by atomic mass is 79.9. The summed E-state index contributed by atoms with van der Waals surface area (Å²) in [6.07, 6.45) is 3.73. The summed E-state index contributed by atoms with van der Waals surface area (Å²) in [5, 5.41) is 3.21. The fourth-order valence-electron chi connectivity index (χ4n) is 1.68. The third-order valence-electron chi connectivity index (χ3n) is 2.78. The molecule has 0 bridgehead atoms. The maximum atomic E-state index is 11.4. The van der Waals surface area contributed by atoms with Crippen LogP contribution in [0.2, 0.25) is 0 Å². The normalized spacial score (nSPS) is 11.8. The summed E-state index contributed by atoms with van der Waals surface area (Å²) in [5.41, 5.74) is 1.11. The molecule has 108 valence electrons. The minimum absolute atomic E-state index is 0.505. The zero-order valence-electron chi connectivity index (χ0n) is 11.5. The van der Waals surface area contributed by atoms with E-state index in [1.54, 1.807) is 6.20 Å². The van der Waals surface area contributed by atoms with E-state index in [1.807, 2.05) is 19.9 Å². The van der Waals surface area contributed by atoms with Gasteiger partial charge >= 0.3 is 0 Å². The number of pyridine rings is 1. The summed E-state index contributed by atoms with van der Waals surface area (Å²) in [4.78, 5) is 4.23. The number of hydrogen-bond donors (Lipinski definition) is 1. The van der Waals surface area contributed by atoms with Gasteiger partial charge in [-0.1, -0.05) is 6.92 Å². The molecule has 1 heterocycles. The van der Waals surface area contributed by atoms with Crippen LogP contribution in [0.3, 0.4) is 0 Å². The Morgan fingerprint density at radius 2 is 2.16 bits per heavy atom. The van der Waals surface area contributed by atoms with E-state index in [0.29, 0.717) is 19.6 Å². The lowest BCUT2D eigenvalue weighted by Gasteiger charge is -2.17. The molecule has 1 rings (SSSR count). The van der Waals surface area contributed by atoms with Crippen molar-refractivity contribution in [2.45, 2.75) is 20.3 Å². The molecule has 7 heteroatoms. The second-order valence-electron chi connectivity index (χ2n) is 4.33. The van der Waals surface area contributed by atoms with E-state index < -0.39 is 10.0 Å². The molecule has 0 aromatic carbocycles. The lowest BCUT2D eigenvalue weighted by atomic mass is 10.3. The van der Waals surface area contributed by atoms with Crippen molar-refractivity contribution in [3.05, 3.63) is 22.3 Å². The number of anilines is 1. The van der Waals surface area contributed by atoms with E-state index in [-0.39, 0.29) is 0 Å². The van der Waals surface area contributed by atoms with Gasteiger partial charge in [0, 0.05) is 25.8 Å². The minimum Gasteiger partial charge on any atom is -0.369 e. The molecule has 0 aliphatic heterocycles. The number of aryl methyl sites for hydroxylation is 1. The Hall–Kier alpha value is -0.660. The van der Waals surface area contributed by atoms with Crippen molar-refractivity contribution >= 4 is 31.8 Å². The summed E-state index contributed by atoms with van der Waals surface area (Å²) < 4.78 is 25.2. The highest BCUT2D eigenvalue weighted by Gasteiger charge is 2.13. The third-order valence-corrected chi connectivity index (χ3v) is 5.16. The molecule has 0 fully saturated rings. The molecule has 0 amide bonds. The monoisotopic (exact) mass is 349 g/mol. The fraction of sp³-hybridized carbons (Fsp3) is 0.583. The van der Waals surface area contributed by atoms with Crippen molar-refractivity contribution in [2.75, 3.05) is 31.2 Å². The summed E-state index contributed by atoms with van der Waals surface area (Å²) in [6.45, 7) is 5.55. The quantitative estimate of drug-likeness (QED) is 0.766. The van der Waals surface area contributed by atoms with Gasteiger partial charge in [0.2, 0.25) is 10.0 Å². The fourth-order valence-corrected chi connectivity index (χ4v) is 2.99. The Kier molecular flexibility index (Phi) is 6.22. The van der Waals surface area contributed by atoms with Gasteiger partial charge in [0.05, 0.1) is 10.7 Å². The van der Waals surface area contributed by atoms with E-state index in [1.165, 1.54) is 10.6 Å². The molecule has 0 unspecified atom stereocenters. The van der Waals surface area contributed by atoms with Gasteiger partial charge in [0.15, 0.2) is 0 Å². The van der Waals surface area contributed by atoms with E-state index >= 15 is 0 Å². The Morgan fingerprint density at radius 3 is 2.74 bits per heavy atom. The molecule has 0 radical (unpaired) electrons. The van der Waals surface area contributed by atoms with Crippen LogP contribution in [0.15, 0.2) is 16.7 Å². The molecule has 5 nitrogen and oxygen atoms in total. The topological polar surface area (TPSA) is 62.3 Å². The molecule has 19 heavy (non-hydrogen) atoms. The number of nitrogens with one attached hydrogen (secondary N) is 1. The van der Waals surface area contributed by atoms with E-state index in [2.05, 4.69) is 26.2 Å². The van der Waals surface area contributed by atoms with Crippen LogP contribution in [0, 0.1) is 6.92 Å². The zero-order valence-corrected chi connectivity index (χ0v) is 13.9. The standard InChI is InChI=1S/C12H20BrN3O2S/c1-4-16(19(3,17)18)9-5-7-14-12-11(13)10(2)6-8-15-12/h6,8H,4-5,7,9H2,1-3H3,(H,14,15). The second-order valence-corrected chi connectivity index (χ2v) is 7.10. The maximum absolute atomic E-state index is 11.4. The van der Waals surface area contributed by atoms with Crippen molar-refractivity contribution < 1.29 is 8.42 Å². The number of hydrogen-bond acceptors (Lipinski definition) is 4. The maximum Gasteiger partial charge on any atom is 0.211 e. The summed E-state index contributed by atoms with van der Waals surface area (Å²) in [5.74, 6) is 0.794. The van der Waals surface area contributed by atoms with Crippen molar-refractivity contribution in [2.24, 2.45) is 0 Å². The lowest BCUT2D eigenvalue weighted by Crippen LogP contribution is -2.31. The summed E-state index contributed by atoms with van der Waals surface area (Å²) >= 11 is 3.48. The van der Waals surface area contributed by atoms with Gasteiger partial charge in [0.25, 0.3) is 0 Å². The summed E-state index contributed by atoms with van der Waals surface area (Å²) in [6, 6.07) is 1.93. The van der Waals surface area contributed by atoms with Crippen LogP contribution in [0.5, 0.6) is 0 Å². The van der Waals surface area contributed by atoms with Crippen molar-refractivity contribution in [3.63, 3.8) is 0 Å². The molecule has 1 aromatic heterocycles. The highest BCUT2D eigenvalue weighted by Crippen LogP contribution is 2.22. The average molecular weight is 350 g/mol. The lowest BCUT2D eigenvalue weighted by molar-refractivity contribution is 0.428. The van der Waals surface area contributed by atoms with Gasteiger partial charge in [-0.15, -0.1) is 0 Å². The molecule has 0 spiro atoms. The predicted molar refractivity (Wildman–Crippen MR) is 81.9 cm³/mol. The van der Waals surface area contributed by atoms with E-state index in [4.69, 9.17) is 0 Å². The van der Waals surface area contributed by atoms with E-state index in [0.717, 1.165) is 22.3 Å².